The Bertz CT molecular complexity index is 772. The van der Waals surface area contributed by atoms with E-state index in [1.165, 1.54) is 31.2 Å². The number of carbonyl (C=O) groups is 3. The fourth-order valence-corrected chi connectivity index (χ4v) is 3.04. The third-order valence-electron chi connectivity index (χ3n) is 3.41. The SMILES string of the molecule is CC(=O)Nc1ccc(S(=O)(=O)NCCC(=O)OCC(=O)NC2CC2)cc1. The zero-order valence-corrected chi connectivity index (χ0v) is 15.1. The van der Waals surface area contributed by atoms with Gasteiger partial charge in [-0.05, 0) is 37.1 Å². The van der Waals surface area contributed by atoms with Gasteiger partial charge in [0.05, 0.1) is 11.3 Å². The van der Waals surface area contributed by atoms with Crippen molar-refractivity contribution in [3.05, 3.63) is 24.3 Å². The predicted molar refractivity (Wildman–Crippen MR) is 92.7 cm³/mol. The number of carbonyl (C=O) groups excluding carboxylic acids is 3. The highest BCUT2D eigenvalue weighted by Crippen LogP contribution is 2.18. The topological polar surface area (TPSA) is 131 Å². The maximum atomic E-state index is 12.1. The molecule has 0 bridgehead atoms. The summed E-state index contributed by atoms with van der Waals surface area (Å²) in [5, 5.41) is 5.21. The largest absolute Gasteiger partial charge is 0.456 e. The Labute approximate surface area is 151 Å². The van der Waals surface area contributed by atoms with Gasteiger partial charge in [-0.25, -0.2) is 13.1 Å². The summed E-state index contributed by atoms with van der Waals surface area (Å²) in [6.07, 6.45) is 1.68. The molecule has 0 aliphatic heterocycles. The number of amides is 2. The molecule has 0 aromatic heterocycles. The van der Waals surface area contributed by atoms with E-state index in [9.17, 15) is 22.8 Å². The summed E-state index contributed by atoms with van der Waals surface area (Å²) >= 11 is 0. The lowest BCUT2D eigenvalue weighted by atomic mass is 10.3. The van der Waals surface area contributed by atoms with Gasteiger partial charge in [0.15, 0.2) is 6.61 Å². The summed E-state index contributed by atoms with van der Waals surface area (Å²) in [4.78, 5) is 33.9. The standard InChI is InChI=1S/C16H21N3O6S/c1-11(20)18-12-4-6-14(7-5-12)26(23,24)17-9-8-16(22)25-10-15(21)19-13-2-3-13/h4-7,13,17H,2-3,8-10H2,1H3,(H,18,20)(H,19,21). The van der Waals surface area contributed by atoms with Crippen molar-refractivity contribution in [1.29, 1.82) is 0 Å². The number of esters is 1. The zero-order valence-electron chi connectivity index (χ0n) is 14.3. The van der Waals surface area contributed by atoms with Crippen LogP contribution < -0.4 is 15.4 Å². The highest BCUT2D eigenvalue weighted by molar-refractivity contribution is 7.89. The van der Waals surface area contributed by atoms with Crippen molar-refractivity contribution in [1.82, 2.24) is 10.0 Å². The van der Waals surface area contributed by atoms with E-state index in [0.29, 0.717) is 5.69 Å². The first kappa shape index (κ1) is 19.9. The molecule has 1 saturated carbocycles. The van der Waals surface area contributed by atoms with Gasteiger partial charge < -0.3 is 15.4 Å². The number of benzene rings is 1. The first-order valence-corrected chi connectivity index (χ1v) is 9.57. The Balaban J connectivity index is 1.73. The molecule has 0 radical (unpaired) electrons. The quantitative estimate of drug-likeness (QED) is 0.520. The van der Waals surface area contributed by atoms with E-state index in [1.54, 1.807) is 0 Å². The van der Waals surface area contributed by atoms with E-state index in [1.807, 2.05) is 0 Å². The van der Waals surface area contributed by atoms with Gasteiger partial charge in [0.25, 0.3) is 5.91 Å². The third kappa shape index (κ3) is 6.81. The summed E-state index contributed by atoms with van der Waals surface area (Å²) in [6.45, 7) is 0.826. The molecule has 1 fully saturated rings. The van der Waals surface area contributed by atoms with E-state index in [-0.39, 0.29) is 42.3 Å². The van der Waals surface area contributed by atoms with Gasteiger partial charge in [-0.15, -0.1) is 0 Å². The molecule has 0 heterocycles. The second kappa shape index (κ2) is 8.77. The minimum Gasteiger partial charge on any atom is -0.456 e. The number of hydrogen-bond donors (Lipinski definition) is 3. The normalized spacial score (nSPS) is 13.7. The number of rotatable bonds is 9. The molecular weight excluding hydrogens is 362 g/mol. The van der Waals surface area contributed by atoms with E-state index in [0.717, 1.165) is 12.8 Å². The van der Waals surface area contributed by atoms with Crippen molar-refractivity contribution < 1.29 is 27.5 Å². The second-order valence-electron chi connectivity index (χ2n) is 5.86. The molecule has 10 heteroatoms. The van der Waals surface area contributed by atoms with Gasteiger partial charge in [-0.3, -0.25) is 14.4 Å². The maximum absolute atomic E-state index is 12.1. The third-order valence-corrected chi connectivity index (χ3v) is 4.89. The monoisotopic (exact) mass is 383 g/mol. The summed E-state index contributed by atoms with van der Waals surface area (Å²) in [7, 11) is -3.79. The van der Waals surface area contributed by atoms with Crippen LogP contribution in [-0.2, 0) is 29.1 Å². The second-order valence-corrected chi connectivity index (χ2v) is 7.62. The van der Waals surface area contributed by atoms with E-state index in [4.69, 9.17) is 4.74 Å². The van der Waals surface area contributed by atoms with Crippen molar-refractivity contribution in [2.75, 3.05) is 18.5 Å². The van der Waals surface area contributed by atoms with Gasteiger partial charge >= 0.3 is 5.97 Å². The fourth-order valence-electron chi connectivity index (χ4n) is 2.01. The predicted octanol–water partition coefficient (Wildman–Crippen LogP) is 0.135. The zero-order chi connectivity index (χ0) is 19.2. The van der Waals surface area contributed by atoms with E-state index < -0.39 is 16.0 Å². The molecule has 1 aromatic carbocycles. The van der Waals surface area contributed by atoms with Crippen molar-refractivity contribution in [3.63, 3.8) is 0 Å². The molecule has 0 saturated heterocycles. The Morgan fingerprint density at radius 1 is 1.15 bits per heavy atom. The van der Waals surface area contributed by atoms with Gasteiger partial charge in [0.1, 0.15) is 0 Å². The minimum atomic E-state index is -3.79. The molecule has 26 heavy (non-hydrogen) atoms. The first-order chi connectivity index (χ1) is 12.3. The molecule has 1 aliphatic rings. The number of hydrogen-bond acceptors (Lipinski definition) is 6. The van der Waals surface area contributed by atoms with Gasteiger partial charge in [0.2, 0.25) is 15.9 Å². The molecule has 1 aromatic rings. The van der Waals surface area contributed by atoms with Crippen LogP contribution in [0.5, 0.6) is 0 Å². The lowest BCUT2D eigenvalue weighted by Gasteiger charge is -2.08. The Kier molecular flexibility index (Phi) is 6.70. The lowest BCUT2D eigenvalue weighted by molar-refractivity contribution is -0.148. The number of anilines is 1. The van der Waals surface area contributed by atoms with Crippen molar-refractivity contribution in [3.8, 4) is 0 Å². The van der Waals surface area contributed by atoms with Crippen LogP contribution in [0.15, 0.2) is 29.2 Å². The molecule has 0 atom stereocenters. The van der Waals surface area contributed by atoms with Crippen LogP contribution in [0.25, 0.3) is 0 Å². The van der Waals surface area contributed by atoms with Crippen LogP contribution in [0.2, 0.25) is 0 Å². The summed E-state index contributed by atoms with van der Waals surface area (Å²) in [5.74, 6) is -1.29. The van der Waals surface area contributed by atoms with Crippen LogP contribution in [0.4, 0.5) is 5.69 Å². The van der Waals surface area contributed by atoms with Crippen LogP contribution in [-0.4, -0.2) is 45.4 Å². The van der Waals surface area contributed by atoms with E-state index in [2.05, 4.69) is 15.4 Å². The molecular formula is C16H21N3O6S. The van der Waals surface area contributed by atoms with Crippen LogP contribution >= 0.6 is 0 Å². The van der Waals surface area contributed by atoms with Crippen molar-refractivity contribution in [2.24, 2.45) is 0 Å². The highest BCUT2D eigenvalue weighted by Gasteiger charge is 2.23. The highest BCUT2D eigenvalue weighted by atomic mass is 32.2. The van der Waals surface area contributed by atoms with E-state index >= 15 is 0 Å². The molecule has 2 rings (SSSR count). The average Bonchev–Trinajstić information content (AvgIpc) is 3.36. The average molecular weight is 383 g/mol. The van der Waals surface area contributed by atoms with Crippen LogP contribution in [0.3, 0.4) is 0 Å². The minimum absolute atomic E-state index is 0.00350. The Hall–Kier alpha value is -2.46. The summed E-state index contributed by atoms with van der Waals surface area (Å²) in [5.41, 5.74) is 0.476. The molecule has 2 amide bonds. The molecule has 1 aliphatic carbocycles. The number of nitrogens with one attached hydrogen (secondary N) is 3. The molecule has 3 N–H and O–H groups in total. The van der Waals surface area contributed by atoms with Gasteiger partial charge in [-0.2, -0.15) is 0 Å². The van der Waals surface area contributed by atoms with Crippen LogP contribution in [0.1, 0.15) is 26.2 Å². The molecule has 0 spiro atoms. The summed E-state index contributed by atoms with van der Waals surface area (Å²) in [6, 6.07) is 5.79. The first-order valence-electron chi connectivity index (χ1n) is 8.08. The Morgan fingerprint density at radius 3 is 2.38 bits per heavy atom. The van der Waals surface area contributed by atoms with Crippen LogP contribution in [0, 0.1) is 0 Å². The molecule has 9 nitrogen and oxygen atoms in total. The van der Waals surface area contributed by atoms with Gasteiger partial charge in [0, 0.05) is 25.2 Å². The smallest absolute Gasteiger partial charge is 0.307 e. The summed E-state index contributed by atoms with van der Waals surface area (Å²) < 4.78 is 31.3. The Morgan fingerprint density at radius 2 is 1.81 bits per heavy atom. The fraction of sp³-hybridized carbons (Fsp3) is 0.438. The molecule has 0 unspecified atom stereocenters. The molecule has 142 valence electrons. The maximum Gasteiger partial charge on any atom is 0.307 e. The number of ether oxygens (including phenoxy) is 1. The lowest BCUT2D eigenvalue weighted by Crippen LogP contribution is -2.31. The number of sulfonamides is 1. The van der Waals surface area contributed by atoms with Crippen molar-refractivity contribution >= 4 is 33.5 Å². The van der Waals surface area contributed by atoms with Gasteiger partial charge in [-0.1, -0.05) is 0 Å². The van der Waals surface area contributed by atoms with Crippen molar-refractivity contribution in [2.45, 2.75) is 37.1 Å².